The molecule has 1 atom stereocenters. The van der Waals surface area contributed by atoms with Crippen molar-refractivity contribution in [3.8, 4) is 0 Å². The molecule has 0 spiro atoms. The molecule has 0 unspecified atom stereocenters. The first kappa shape index (κ1) is 17.1. The highest BCUT2D eigenvalue weighted by molar-refractivity contribution is 7.98. The topological polar surface area (TPSA) is 42.4 Å². The normalized spacial score (nSPS) is 19.0. The number of nitrogens with zero attached hydrogens (tertiary/aromatic N) is 2. The number of piperidine rings is 1. The molecule has 2 rings (SSSR count). The Kier molecular flexibility index (Phi) is 6.12. The van der Waals surface area contributed by atoms with Crippen molar-refractivity contribution in [2.75, 3.05) is 12.3 Å². The molecule has 2 heterocycles. The smallest absolute Gasteiger partial charge is 0.410 e. The van der Waals surface area contributed by atoms with Crippen LogP contribution in [-0.4, -0.2) is 39.9 Å². The van der Waals surface area contributed by atoms with Crippen LogP contribution >= 0.6 is 11.8 Å². The van der Waals surface area contributed by atoms with Gasteiger partial charge in [0, 0.05) is 30.3 Å². The van der Waals surface area contributed by atoms with Crippen LogP contribution in [0.15, 0.2) is 24.4 Å². The molecule has 1 aliphatic rings. The molecule has 0 aromatic carbocycles. The van der Waals surface area contributed by atoms with Gasteiger partial charge in [0.15, 0.2) is 0 Å². The van der Waals surface area contributed by atoms with Gasteiger partial charge in [0.25, 0.3) is 0 Å². The van der Waals surface area contributed by atoms with Crippen molar-refractivity contribution >= 4 is 17.9 Å². The minimum Gasteiger partial charge on any atom is -0.444 e. The molecule has 0 saturated carbocycles. The van der Waals surface area contributed by atoms with Gasteiger partial charge in [-0.1, -0.05) is 6.07 Å². The van der Waals surface area contributed by atoms with Crippen molar-refractivity contribution in [3.63, 3.8) is 0 Å². The van der Waals surface area contributed by atoms with Crippen molar-refractivity contribution in [2.45, 2.75) is 57.4 Å². The van der Waals surface area contributed by atoms with Crippen LogP contribution in [0.2, 0.25) is 0 Å². The molecule has 1 aliphatic heterocycles. The number of carbonyl (C=O) groups is 1. The Hall–Kier alpha value is -1.23. The first-order valence-electron chi connectivity index (χ1n) is 7.93. The third-order valence-electron chi connectivity index (χ3n) is 3.54. The first-order chi connectivity index (χ1) is 10.5. The highest BCUT2D eigenvalue weighted by atomic mass is 32.2. The Morgan fingerprint density at radius 2 is 2.23 bits per heavy atom. The number of pyridine rings is 1. The van der Waals surface area contributed by atoms with Crippen LogP contribution in [-0.2, 0) is 10.5 Å². The second kappa shape index (κ2) is 7.86. The quantitative estimate of drug-likeness (QED) is 0.837. The number of hydrogen-bond donors (Lipinski definition) is 0. The number of ether oxygens (including phenoxy) is 1. The van der Waals surface area contributed by atoms with Crippen molar-refractivity contribution < 1.29 is 9.53 Å². The summed E-state index contributed by atoms with van der Waals surface area (Å²) in [6.45, 7) is 6.56. The van der Waals surface area contributed by atoms with Crippen molar-refractivity contribution in [2.24, 2.45) is 0 Å². The molecule has 122 valence electrons. The molecule has 0 aliphatic carbocycles. The summed E-state index contributed by atoms with van der Waals surface area (Å²) in [5.41, 5.74) is 0.660. The van der Waals surface area contributed by atoms with E-state index >= 15 is 0 Å². The number of thioether (sulfide) groups is 1. The van der Waals surface area contributed by atoms with Gasteiger partial charge in [-0.15, -0.1) is 0 Å². The Morgan fingerprint density at radius 3 is 2.91 bits per heavy atom. The van der Waals surface area contributed by atoms with Gasteiger partial charge in [-0.3, -0.25) is 4.98 Å². The lowest BCUT2D eigenvalue weighted by Gasteiger charge is -2.36. The van der Waals surface area contributed by atoms with Crippen LogP contribution in [0.25, 0.3) is 0 Å². The fourth-order valence-electron chi connectivity index (χ4n) is 2.52. The van der Waals surface area contributed by atoms with Gasteiger partial charge in [0.2, 0.25) is 0 Å². The van der Waals surface area contributed by atoms with Crippen LogP contribution < -0.4 is 0 Å². The predicted octanol–water partition coefficient (Wildman–Crippen LogP) is 4.10. The van der Waals surface area contributed by atoms with E-state index in [1.54, 1.807) is 0 Å². The average molecular weight is 322 g/mol. The van der Waals surface area contributed by atoms with Crippen molar-refractivity contribution in [1.82, 2.24) is 9.88 Å². The van der Waals surface area contributed by atoms with Gasteiger partial charge in [-0.25, -0.2) is 4.79 Å². The van der Waals surface area contributed by atoms with Crippen LogP contribution in [0.1, 0.15) is 45.7 Å². The fraction of sp³-hybridized carbons (Fsp3) is 0.647. The predicted molar refractivity (Wildman–Crippen MR) is 91.0 cm³/mol. The standard InChI is InChI=1S/C17H26N2O2S/c1-17(2,3)21-16(20)19-11-7-5-9-15(19)13-22-12-14-8-4-6-10-18-14/h4,6,8,10,15H,5,7,9,11-13H2,1-3H3/t15-/m0/s1. The van der Waals surface area contributed by atoms with E-state index < -0.39 is 5.60 Å². The highest BCUT2D eigenvalue weighted by Gasteiger charge is 2.30. The molecular formula is C17H26N2O2S. The maximum Gasteiger partial charge on any atom is 0.410 e. The van der Waals surface area contributed by atoms with Gasteiger partial charge in [-0.2, -0.15) is 11.8 Å². The number of likely N-dealkylation sites (tertiary alicyclic amines) is 1. The zero-order valence-electron chi connectivity index (χ0n) is 13.7. The third kappa shape index (κ3) is 5.52. The molecular weight excluding hydrogens is 296 g/mol. The van der Waals surface area contributed by atoms with Crippen molar-refractivity contribution in [3.05, 3.63) is 30.1 Å². The van der Waals surface area contributed by atoms with Crippen LogP contribution in [0, 0.1) is 0 Å². The van der Waals surface area contributed by atoms with E-state index in [2.05, 4.69) is 4.98 Å². The summed E-state index contributed by atoms with van der Waals surface area (Å²) in [4.78, 5) is 18.6. The van der Waals surface area contributed by atoms with Crippen molar-refractivity contribution in [1.29, 1.82) is 0 Å². The maximum absolute atomic E-state index is 12.3. The lowest BCUT2D eigenvalue weighted by Crippen LogP contribution is -2.47. The SMILES string of the molecule is CC(C)(C)OC(=O)N1CCCC[C@H]1CSCc1ccccn1. The highest BCUT2D eigenvalue weighted by Crippen LogP contribution is 2.24. The van der Waals surface area contributed by atoms with E-state index in [-0.39, 0.29) is 12.1 Å². The van der Waals surface area contributed by atoms with Gasteiger partial charge in [-0.05, 0) is 52.2 Å². The van der Waals surface area contributed by atoms with Crippen LogP contribution in [0.5, 0.6) is 0 Å². The van der Waals surface area contributed by atoms with Crippen LogP contribution in [0.3, 0.4) is 0 Å². The molecule has 0 N–H and O–H groups in total. The number of hydrogen-bond acceptors (Lipinski definition) is 4. The molecule has 5 heteroatoms. The Labute approximate surface area is 137 Å². The maximum atomic E-state index is 12.3. The average Bonchev–Trinajstić information content (AvgIpc) is 2.47. The Balaban J connectivity index is 1.85. The zero-order chi connectivity index (χ0) is 16.0. The van der Waals surface area contributed by atoms with E-state index in [0.29, 0.717) is 0 Å². The van der Waals surface area contributed by atoms with Crippen LogP contribution in [0.4, 0.5) is 4.79 Å². The summed E-state index contributed by atoms with van der Waals surface area (Å²) in [6.07, 6.45) is 4.97. The summed E-state index contributed by atoms with van der Waals surface area (Å²) in [7, 11) is 0. The molecule has 22 heavy (non-hydrogen) atoms. The van der Waals surface area contributed by atoms with E-state index in [9.17, 15) is 4.79 Å². The summed E-state index contributed by atoms with van der Waals surface area (Å²) in [6, 6.07) is 6.26. The minimum atomic E-state index is -0.430. The largest absolute Gasteiger partial charge is 0.444 e. The summed E-state index contributed by atoms with van der Waals surface area (Å²) < 4.78 is 5.54. The molecule has 1 saturated heterocycles. The number of aromatic nitrogens is 1. The molecule has 1 fully saturated rings. The number of rotatable bonds is 4. The lowest BCUT2D eigenvalue weighted by atomic mass is 10.0. The first-order valence-corrected chi connectivity index (χ1v) is 9.08. The molecule has 1 aromatic rings. The van der Waals surface area contributed by atoms with E-state index in [4.69, 9.17) is 4.74 Å². The summed E-state index contributed by atoms with van der Waals surface area (Å²) in [5, 5.41) is 0. The van der Waals surface area contributed by atoms with E-state index in [1.165, 1.54) is 6.42 Å². The number of carbonyl (C=O) groups excluding carboxylic acids is 1. The summed E-state index contributed by atoms with van der Waals surface area (Å²) >= 11 is 1.84. The zero-order valence-corrected chi connectivity index (χ0v) is 14.6. The third-order valence-corrected chi connectivity index (χ3v) is 4.66. The van der Waals surface area contributed by atoms with E-state index in [1.807, 2.05) is 61.8 Å². The molecule has 1 amide bonds. The van der Waals surface area contributed by atoms with E-state index in [0.717, 1.165) is 36.6 Å². The van der Waals surface area contributed by atoms with Gasteiger partial charge in [0.1, 0.15) is 5.60 Å². The van der Waals surface area contributed by atoms with Gasteiger partial charge in [0.05, 0.1) is 5.69 Å². The molecule has 0 radical (unpaired) electrons. The molecule has 1 aromatic heterocycles. The molecule has 4 nitrogen and oxygen atoms in total. The fourth-order valence-corrected chi connectivity index (χ4v) is 3.63. The Morgan fingerprint density at radius 1 is 1.41 bits per heavy atom. The minimum absolute atomic E-state index is 0.171. The Bertz CT molecular complexity index is 473. The lowest BCUT2D eigenvalue weighted by molar-refractivity contribution is 0.0126. The monoisotopic (exact) mass is 322 g/mol. The van der Waals surface area contributed by atoms with Gasteiger partial charge < -0.3 is 9.64 Å². The molecule has 0 bridgehead atoms. The second-order valence-corrected chi connectivity index (χ2v) is 7.69. The second-order valence-electron chi connectivity index (χ2n) is 6.66. The van der Waals surface area contributed by atoms with Gasteiger partial charge >= 0.3 is 6.09 Å². The number of amides is 1. The summed E-state index contributed by atoms with van der Waals surface area (Å²) in [5.74, 6) is 1.83.